The Bertz CT molecular complexity index is 932. The normalized spacial score (nSPS) is 10.7. The number of aromatic nitrogens is 2. The van der Waals surface area contributed by atoms with Crippen molar-refractivity contribution in [3.8, 4) is 0 Å². The van der Waals surface area contributed by atoms with E-state index in [1.54, 1.807) is 24.3 Å². The fraction of sp³-hybridized carbons (Fsp3) is 0.250. The van der Waals surface area contributed by atoms with Crippen LogP contribution >= 0.6 is 0 Å². The van der Waals surface area contributed by atoms with Crippen LogP contribution in [0, 0.1) is 6.92 Å². The predicted octanol–water partition coefficient (Wildman–Crippen LogP) is 3.12. The Morgan fingerprint density at radius 3 is 2.62 bits per heavy atom. The van der Waals surface area contributed by atoms with Crippen molar-refractivity contribution >= 4 is 28.5 Å². The third-order valence-corrected chi connectivity index (χ3v) is 4.12. The van der Waals surface area contributed by atoms with Gasteiger partial charge in [-0.25, -0.2) is 4.98 Å². The van der Waals surface area contributed by atoms with E-state index < -0.39 is 0 Å². The van der Waals surface area contributed by atoms with E-state index in [1.165, 1.54) is 0 Å². The fourth-order valence-electron chi connectivity index (χ4n) is 2.89. The van der Waals surface area contributed by atoms with Crippen LogP contribution in [-0.4, -0.2) is 27.9 Å². The Labute approximate surface area is 152 Å². The Hall–Kier alpha value is -3.15. The van der Waals surface area contributed by atoms with Gasteiger partial charge in [-0.05, 0) is 43.7 Å². The maximum atomic E-state index is 12.1. The maximum Gasteiger partial charge on any atom is 0.251 e. The largest absolute Gasteiger partial charge is 0.343 e. The molecule has 3 rings (SSSR count). The summed E-state index contributed by atoms with van der Waals surface area (Å²) in [6.45, 7) is 4.94. The highest BCUT2D eigenvalue weighted by molar-refractivity contribution is 5.99. The number of imidazole rings is 1. The molecule has 0 spiro atoms. The van der Waals surface area contributed by atoms with Crippen LogP contribution in [-0.2, 0) is 11.3 Å². The molecule has 1 aromatic heterocycles. The van der Waals surface area contributed by atoms with Gasteiger partial charge >= 0.3 is 0 Å². The molecule has 0 unspecified atom stereocenters. The van der Waals surface area contributed by atoms with Crippen molar-refractivity contribution in [1.29, 1.82) is 0 Å². The number of hydrogen-bond acceptors (Lipinski definition) is 3. The number of amides is 2. The summed E-state index contributed by atoms with van der Waals surface area (Å²) < 4.78 is 2.17. The first-order chi connectivity index (χ1) is 12.6. The van der Waals surface area contributed by atoms with E-state index in [9.17, 15) is 9.59 Å². The first kappa shape index (κ1) is 17.7. The SMILES string of the molecule is CCCn1c(C)nc2cc(NC(=O)CNC(=O)c3ccccc3)ccc21. The molecule has 6 nitrogen and oxygen atoms in total. The van der Waals surface area contributed by atoms with Gasteiger partial charge in [-0.3, -0.25) is 9.59 Å². The number of benzene rings is 2. The highest BCUT2D eigenvalue weighted by atomic mass is 16.2. The number of carbonyl (C=O) groups excluding carboxylic acids is 2. The lowest BCUT2D eigenvalue weighted by atomic mass is 10.2. The van der Waals surface area contributed by atoms with Gasteiger partial charge in [0.2, 0.25) is 5.91 Å². The van der Waals surface area contributed by atoms with E-state index in [0.717, 1.165) is 29.8 Å². The highest BCUT2D eigenvalue weighted by Gasteiger charge is 2.10. The van der Waals surface area contributed by atoms with Gasteiger partial charge in [0.1, 0.15) is 5.82 Å². The molecule has 0 fully saturated rings. The highest BCUT2D eigenvalue weighted by Crippen LogP contribution is 2.20. The standard InChI is InChI=1S/C20H22N4O2/c1-3-11-24-14(2)22-17-12-16(9-10-18(17)24)23-19(25)13-21-20(26)15-7-5-4-6-8-15/h4-10,12H,3,11,13H2,1-2H3,(H,21,26)(H,23,25). The van der Waals surface area contributed by atoms with E-state index in [1.807, 2.05) is 31.2 Å². The Morgan fingerprint density at radius 2 is 1.88 bits per heavy atom. The molecular weight excluding hydrogens is 328 g/mol. The van der Waals surface area contributed by atoms with Crippen molar-refractivity contribution in [3.05, 3.63) is 59.9 Å². The van der Waals surface area contributed by atoms with Crippen LogP contribution < -0.4 is 10.6 Å². The number of fused-ring (bicyclic) bond motifs is 1. The van der Waals surface area contributed by atoms with Crippen molar-refractivity contribution in [1.82, 2.24) is 14.9 Å². The molecule has 0 aliphatic rings. The number of carbonyl (C=O) groups is 2. The molecule has 0 saturated heterocycles. The average Bonchev–Trinajstić information content (AvgIpc) is 2.95. The molecule has 0 aliphatic heterocycles. The molecule has 26 heavy (non-hydrogen) atoms. The summed E-state index contributed by atoms with van der Waals surface area (Å²) in [4.78, 5) is 28.6. The molecule has 2 amide bonds. The summed E-state index contributed by atoms with van der Waals surface area (Å²) in [5, 5.41) is 5.41. The predicted molar refractivity (Wildman–Crippen MR) is 102 cm³/mol. The lowest BCUT2D eigenvalue weighted by Crippen LogP contribution is -2.32. The number of anilines is 1. The number of aryl methyl sites for hydroxylation is 2. The maximum absolute atomic E-state index is 12.1. The molecule has 0 saturated carbocycles. The van der Waals surface area contributed by atoms with Gasteiger partial charge in [-0.2, -0.15) is 0 Å². The zero-order chi connectivity index (χ0) is 18.5. The van der Waals surface area contributed by atoms with Gasteiger partial charge in [0, 0.05) is 17.8 Å². The van der Waals surface area contributed by atoms with Crippen LogP contribution in [0.5, 0.6) is 0 Å². The molecular formula is C20H22N4O2. The lowest BCUT2D eigenvalue weighted by Gasteiger charge is -2.08. The van der Waals surface area contributed by atoms with Gasteiger partial charge in [-0.1, -0.05) is 25.1 Å². The van der Waals surface area contributed by atoms with Gasteiger partial charge in [0.05, 0.1) is 17.6 Å². The van der Waals surface area contributed by atoms with Gasteiger partial charge in [0.15, 0.2) is 0 Å². The van der Waals surface area contributed by atoms with Gasteiger partial charge in [0.25, 0.3) is 5.91 Å². The van der Waals surface area contributed by atoms with Crippen LogP contribution in [0.25, 0.3) is 11.0 Å². The van der Waals surface area contributed by atoms with E-state index in [-0.39, 0.29) is 18.4 Å². The third kappa shape index (κ3) is 3.91. The monoisotopic (exact) mass is 350 g/mol. The quantitative estimate of drug-likeness (QED) is 0.717. The molecule has 6 heteroatoms. The number of nitrogens with zero attached hydrogens (tertiary/aromatic N) is 2. The van der Waals surface area contributed by atoms with Crippen LogP contribution in [0.1, 0.15) is 29.5 Å². The van der Waals surface area contributed by atoms with Crippen molar-refractivity contribution in [2.24, 2.45) is 0 Å². The van der Waals surface area contributed by atoms with Gasteiger partial charge < -0.3 is 15.2 Å². The van der Waals surface area contributed by atoms with Crippen molar-refractivity contribution < 1.29 is 9.59 Å². The smallest absolute Gasteiger partial charge is 0.251 e. The minimum Gasteiger partial charge on any atom is -0.343 e. The fourth-order valence-corrected chi connectivity index (χ4v) is 2.89. The van der Waals surface area contributed by atoms with Crippen LogP contribution in [0.4, 0.5) is 5.69 Å². The summed E-state index contributed by atoms with van der Waals surface area (Å²) in [5.74, 6) is 0.406. The number of hydrogen-bond donors (Lipinski definition) is 2. The first-order valence-electron chi connectivity index (χ1n) is 8.68. The Morgan fingerprint density at radius 1 is 1.12 bits per heavy atom. The summed E-state index contributed by atoms with van der Waals surface area (Å²) in [5.41, 5.74) is 3.10. The molecule has 1 heterocycles. The number of nitrogens with one attached hydrogen (secondary N) is 2. The van der Waals surface area contributed by atoms with Gasteiger partial charge in [-0.15, -0.1) is 0 Å². The van der Waals surface area contributed by atoms with E-state index >= 15 is 0 Å². The van der Waals surface area contributed by atoms with Crippen LogP contribution in [0.3, 0.4) is 0 Å². The number of rotatable bonds is 6. The molecule has 3 aromatic rings. The zero-order valence-corrected chi connectivity index (χ0v) is 15.0. The average molecular weight is 350 g/mol. The molecule has 0 radical (unpaired) electrons. The Kier molecular flexibility index (Phi) is 5.31. The second kappa shape index (κ2) is 7.82. The molecule has 0 atom stereocenters. The molecule has 2 aromatic carbocycles. The lowest BCUT2D eigenvalue weighted by molar-refractivity contribution is -0.115. The Balaban J connectivity index is 1.63. The second-order valence-corrected chi connectivity index (χ2v) is 6.11. The summed E-state index contributed by atoms with van der Waals surface area (Å²) >= 11 is 0. The molecule has 2 N–H and O–H groups in total. The van der Waals surface area contributed by atoms with E-state index in [2.05, 4.69) is 27.1 Å². The van der Waals surface area contributed by atoms with E-state index in [0.29, 0.717) is 11.3 Å². The topological polar surface area (TPSA) is 76.0 Å². The summed E-state index contributed by atoms with van der Waals surface area (Å²) in [6, 6.07) is 14.5. The third-order valence-electron chi connectivity index (χ3n) is 4.12. The van der Waals surface area contributed by atoms with Crippen LogP contribution in [0.2, 0.25) is 0 Å². The van der Waals surface area contributed by atoms with Crippen molar-refractivity contribution in [2.75, 3.05) is 11.9 Å². The van der Waals surface area contributed by atoms with Crippen molar-refractivity contribution in [2.45, 2.75) is 26.8 Å². The minimum absolute atomic E-state index is 0.0882. The van der Waals surface area contributed by atoms with Crippen LogP contribution in [0.15, 0.2) is 48.5 Å². The molecule has 0 aliphatic carbocycles. The summed E-state index contributed by atoms with van der Waals surface area (Å²) in [7, 11) is 0. The molecule has 0 bridgehead atoms. The molecule has 134 valence electrons. The summed E-state index contributed by atoms with van der Waals surface area (Å²) in [6.07, 6.45) is 1.03. The first-order valence-corrected chi connectivity index (χ1v) is 8.68. The second-order valence-electron chi connectivity index (χ2n) is 6.11. The zero-order valence-electron chi connectivity index (χ0n) is 15.0. The van der Waals surface area contributed by atoms with E-state index in [4.69, 9.17) is 0 Å². The minimum atomic E-state index is -0.279. The van der Waals surface area contributed by atoms with Crippen molar-refractivity contribution in [3.63, 3.8) is 0 Å².